The summed E-state index contributed by atoms with van der Waals surface area (Å²) in [5.41, 5.74) is 0. The van der Waals surface area contributed by atoms with Crippen LogP contribution < -0.4 is 0 Å². The molecule has 0 aliphatic heterocycles. The number of rotatable bonds is 2. The molecule has 5 heteroatoms. The summed E-state index contributed by atoms with van der Waals surface area (Å²) >= 11 is 0.773. The number of thioether (sulfide) groups is 1. The molecule has 1 atom stereocenters. The number of nitriles is 1. The summed E-state index contributed by atoms with van der Waals surface area (Å²) in [6.07, 6.45) is -0.749. The van der Waals surface area contributed by atoms with Gasteiger partial charge in [-0.25, -0.2) is 0 Å². The highest BCUT2D eigenvalue weighted by Crippen LogP contribution is 2.38. The van der Waals surface area contributed by atoms with E-state index in [9.17, 15) is 13.2 Å². The average molecular weight is 209 g/mol. The molecule has 1 aliphatic rings. The lowest BCUT2D eigenvalue weighted by Gasteiger charge is -2.16. The van der Waals surface area contributed by atoms with Crippen LogP contribution in [0.3, 0.4) is 0 Å². The van der Waals surface area contributed by atoms with Gasteiger partial charge in [0.25, 0.3) is 0 Å². The summed E-state index contributed by atoms with van der Waals surface area (Å²) in [5.74, 6) is 0. The van der Waals surface area contributed by atoms with Crippen LogP contribution >= 0.6 is 11.8 Å². The summed E-state index contributed by atoms with van der Waals surface area (Å²) in [6.45, 7) is 0. The molecule has 0 heterocycles. The minimum absolute atomic E-state index is 0.0336. The second kappa shape index (κ2) is 4.23. The molecular formula is C8H10F3NS. The minimum atomic E-state index is -4.37. The number of alkyl halides is 3. The van der Waals surface area contributed by atoms with Crippen molar-refractivity contribution in [2.75, 3.05) is 0 Å². The largest absolute Gasteiger partial charge is 0.413 e. The van der Waals surface area contributed by atoms with E-state index in [1.165, 1.54) is 6.07 Å². The maximum atomic E-state index is 12.1. The second-order valence-electron chi connectivity index (χ2n) is 3.09. The van der Waals surface area contributed by atoms with Crippen molar-refractivity contribution in [3.8, 4) is 6.07 Å². The molecule has 1 unspecified atom stereocenters. The van der Waals surface area contributed by atoms with Crippen molar-refractivity contribution in [1.29, 1.82) is 5.26 Å². The molecule has 74 valence electrons. The van der Waals surface area contributed by atoms with Crippen molar-refractivity contribution in [2.24, 2.45) is 0 Å². The smallest absolute Gasteiger partial charge is 0.197 e. The Morgan fingerprint density at radius 2 is 1.85 bits per heavy atom. The monoisotopic (exact) mass is 209 g/mol. The summed E-state index contributed by atoms with van der Waals surface area (Å²) in [6, 6.07) is 1.31. The van der Waals surface area contributed by atoms with E-state index < -0.39 is 11.4 Å². The Labute approximate surface area is 79.3 Å². The lowest BCUT2D eigenvalue weighted by Crippen LogP contribution is -2.25. The number of hydrogen-bond acceptors (Lipinski definition) is 2. The van der Waals surface area contributed by atoms with E-state index in [1.54, 1.807) is 0 Å². The summed E-state index contributed by atoms with van der Waals surface area (Å²) < 4.78 is 36.4. The van der Waals surface area contributed by atoms with Crippen LogP contribution in [0.15, 0.2) is 0 Å². The number of hydrogen-bond donors (Lipinski definition) is 0. The van der Waals surface area contributed by atoms with Crippen LogP contribution in [0.2, 0.25) is 0 Å². The average Bonchev–Trinajstić information content (AvgIpc) is 2.49. The van der Waals surface area contributed by atoms with Crippen LogP contribution in [-0.2, 0) is 0 Å². The van der Waals surface area contributed by atoms with E-state index in [0.29, 0.717) is 0 Å². The molecule has 0 radical (unpaired) electrons. The van der Waals surface area contributed by atoms with Crippen molar-refractivity contribution in [1.82, 2.24) is 0 Å². The van der Waals surface area contributed by atoms with E-state index in [-0.39, 0.29) is 5.25 Å². The van der Waals surface area contributed by atoms with Gasteiger partial charge in [0.15, 0.2) is 5.25 Å². The topological polar surface area (TPSA) is 23.8 Å². The molecule has 1 fully saturated rings. The molecule has 13 heavy (non-hydrogen) atoms. The third-order valence-corrected chi connectivity index (χ3v) is 3.55. The Kier molecular flexibility index (Phi) is 3.48. The first kappa shape index (κ1) is 10.7. The Hall–Kier alpha value is -0.370. The Bertz CT molecular complexity index is 202. The van der Waals surface area contributed by atoms with Gasteiger partial charge in [0.05, 0.1) is 6.07 Å². The van der Waals surface area contributed by atoms with Crippen LogP contribution in [0.5, 0.6) is 0 Å². The maximum Gasteiger partial charge on any atom is 0.413 e. The highest BCUT2D eigenvalue weighted by Gasteiger charge is 2.42. The molecule has 0 bridgehead atoms. The molecular weight excluding hydrogens is 199 g/mol. The van der Waals surface area contributed by atoms with Gasteiger partial charge in [-0.2, -0.15) is 18.4 Å². The van der Waals surface area contributed by atoms with E-state index in [2.05, 4.69) is 0 Å². The zero-order valence-corrected chi connectivity index (χ0v) is 7.79. The Morgan fingerprint density at radius 3 is 2.23 bits per heavy atom. The molecule has 1 nitrogen and oxygen atoms in total. The molecule has 1 rings (SSSR count). The molecule has 0 aromatic rings. The quantitative estimate of drug-likeness (QED) is 0.697. The van der Waals surface area contributed by atoms with E-state index in [1.807, 2.05) is 0 Å². The van der Waals surface area contributed by atoms with Crippen molar-refractivity contribution in [2.45, 2.75) is 42.4 Å². The van der Waals surface area contributed by atoms with Gasteiger partial charge in [-0.05, 0) is 12.8 Å². The first-order valence-electron chi connectivity index (χ1n) is 4.16. The van der Waals surface area contributed by atoms with Gasteiger partial charge in [-0.3, -0.25) is 0 Å². The lowest BCUT2D eigenvalue weighted by molar-refractivity contribution is -0.118. The van der Waals surface area contributed by atoms with Crippen LogP contribution in [-0.4, -0.2) is 16.7 Å². The van der Waals surface area contributed by atoms with Gasteiger partial charge in [0.1, 0.15) is 0 Å². The SMILES string of the molecule is N#CC(SC1CCCC1)C(F)(F)F. The Morgan fingerprint density at radius 1 is 1.31 bits per heavy atom. The second-order valence-corrected chi connectivity index (χ2v) is 4.50. The third-order valence-electron chi connectivity index (χ3n) is 2.05. The van der Waals surface area contributed by atoms with Gasteiger partial charge < -0.3 is 0 Å². The van der Waals surface area contributed by atoms with Crippen LogP contribution in [0.4, 0.5) is 13.2 Å². The van der Waals surface area contributed by atoms with Gasteiger partial charge in [0, 0.05) is 5.25 Å². The third kappa shape index (κ3) is 3.11. The molecule has 0 N–H and O–H groups in total. The first-order valence-corrected chi connectivity index (χ1v) is 5.10. The highest BCUT2D eigenvalue weighted by molar-refractivity contribution is 8.00. The van der Waals surface area contributed by atoms with Gasteiger partial charge in [-0.15, -0.1) is 11.8 Å². The highest BCUT2D eigenvalue weighted by atomic mass is 32.2. The lowest BCUT2D eigenvalue weighted by atomic mass is 10.4. The summed E-state index contributed by atoms with van der Waals surface area (Å²) in [7, 11) is 0. The minimum Gasteiger partial charge on any atom is -0.197 e. The van der Waals surface area contributed by atoms with E-state index in [4.69, 9.17) is 5.26 Å². The molecule has 0 saturated heterocycles. The maximum absolute atomic E-state index is 12.1. The predicted octanol–water partition coefficient (Wildman–Crippen LogP) is 3.12. The van der Waals surface area contributed by atoms with Crippen molar-refractivity contribution in [3.05, 3.63) is 0 Å². The fourth-order valence-corrected chi connectivity index (χ4v) is 2.60. The number of halogens is 3. The standard InChI is InChI=1S/C8H10F3NS/c9-8(10,11)7(5-12)13-6-3-1-2-4-6/h6-7H,1-4H2. The van der Waals surface area contributed by atoms with Crippen molar-refractivity contribution >= 4 is 11.8 Å². The molecule has 1 aliphatic carbocycles. The molecule has 0 amide bonds. The fourth-order valence-electron chi connectivity index (χ4n) is 1.40. The fraction of sp³-hybridized carbons (Fsp3) is 0.875. The number of nitrogens with zero attached hydrogens (tertiary/aromatic N) is 1. The molecule has 0 spiro atoms. The molecule has 0 aromatic carbocycles. The van der Waals surface area contributed by atoms with Crippen molar-refractivity contribution < 1.29 is 13.2 Å². The zero-order valence-electron chi connectivity index (χ0n) is 6.97. The van der Waals surface area contributed by atoms with Gasteiger partial charge in [0.2, 0.25) is 0 Å². The van der Waals surface area contributed by atoms with Crippen LogP contribution in [0.1, 0.15) is 25.7 Å². The van der Waals surface area contributed by atoms with Gasteiger partial charge in [-0.1, -0.05) is 12.8 Å². The summed E-state index contributed by atoms with van der Waals surface area (Å²) in [5, 5.41) is 6.53. The first-order chi connectivity index (χ1) is 6.04. The zero-order chi connectivity index (χ0) is 9.90. The van der Waals surface area contributed by atoms with Crippen LogP contribution in [0, 0.1) is 11.3 Å². The van der Waals surface area contributed by atoms with E-state index >= 15 is 0 Å². The molecule has 1 saturated carbocycles. The van der Waals surface area contributed by atoms with Crippen LogP contribution in [0.25, 0.3) is 0 Å². The van der Waals surface area contributed by atoms with Gasteiger partial charge >= 0.3 is 6.18 Å². The Balaban J connectivity index is 2.45. The van der Waals surface area contributed by atoms with Crippen molar-refractivity contribution in [3.63, 3.8) is 0 Å². The van der Waals surface area contributed by atoms with E-state index in [0.717, 1.165) is 37.4 Å². The summed E-state index contributed by atoms with van der Waals surface area (Å²) in [4.78, 5) is 0. The predicted molar refractivity (Wildman–Crippen MR) is 45.3 cm³/mol. The normalized spacial score (nSPS) is 21.4. The molecule has 0 aromatic heterocycles.